The van der Waals surface area contributed by atoms with Crippen LogP contribution < -0.4 is 5.32 Å². The summed E-state index contributed by atoms with van der Waals surface area (Å²) in [4.78, 5) is 0. The highest BCUT2D eigenvalue weighted by molar-refractivity contribution is 5.18. The normalized spacial score (nSPS) is 11.1. The van der Waals surface area contributed by atoms with E-state index in [1.807, 2.05) is 30.3 Å². The van der Waals surface area contributed by atoms with Crippen LogP contribution in [-0.2, 0) is 13.1 Å². The molecule has 18 heavy (non-hydrogen) atoms. The Bertz CT molecular complexity index is 496. The van der Waals surface area contributed by atoms with Gasteiger partial charge >= 0.3 is 0 Å². The first-order valence-corrected chi connectivity index (χ1v) is 5.61. The molecule has 0 fully saturated rings. The van der Waals surface area contributed by atoms with Gasteiger partial charge in [-0.2, -0.15) is 0 Å². The zero-order valence-corrected chi connectivity index (χ0v) is 9.98. The number of hydrogen-bond acceptors (Lipinski definition) is 3. The fourth-order valence-electron chi connectivity index (χ4n) is 1.76. The molecule has 1 aromatic heterocycles. The molecule has 1 N–H and O–H groups in total. The molecule has 0 aliphatic rings. The standard InChI is InChI=1S/C12H14F2N4/c1-15-7-10-11(12(13)14)18(17-16-10)8-9-5-3-2-4-6-9/h2-6,12,15H,7-8H2,1H3. The molecule has 1 aromatic carbocycles. The minimum absolute atomic E-state index is 0.117. The van der Waals surface area contributed by atoms with Gasteiger partial charge in [-0.15, -0.1) is 5.10 Å². The Hall–Kier alpha value is -1.82. The van der Waals surface area contributed by atoms with Crippen molar-refractivity contribution in [2.45, 2.75) is 19.5 Å². The Balaban J connectivity index is 2.28. The highest BCUT2D eigenvalue weighted by Crippen LogP contribution is 2.22. The van der Waals surface area contributed by atoms with Gasteiger partial charge in [0.1, 0.15) is 11.4 Å². The van der Waals surface area contributed by atoms with Crippen molar-refractivity contribution in [2.24, 2.45) is 0 Å². The fraction of sp³-hybridized carbons (Fsp3) is 0.333. The third-order valence-electron chi connectivity index (χ3n) is 2.57. The lowest BCUT2D eigenvalue weighted by molar-refractivity contribution is 0.138. The molecule has 0 bridgehead atoms. The number of rotatable bonds is 5. The van der Waals surface area contributed by atoms with E-state index in [1.54, 1.807) is 7.05 Å². The lowest BCUT2D eigenvalue weighted by Gasteiger charge is -2.07. The summed E-state index contributed by atoms with van der Waals surface area (Å²) in [5, 5.41) is 10.4. The van der Waals surface area contributed by atoms with Gasteiger partial charge in [0.05, 0.1) is 6.54 Å². The third-order valence-corrected chi connectivity index (χ3v) is 2.57. The monoisotopic (exact) mass is 252 g/mol. The van der Waals surface area contributed by atoms with Crippen molar-refractivity contribution in [1.82, 2.24) is 20.3 Å². The fourth-order valence-corrected chi connectivity index (χ4v) is 1.76. The van der Waals surface area contributed by atoms with Crippen LogP contribution in [0, 0.1) is 0 Å². The van der Waals surface area contributed by atoms with E-state index >= 15 is 0 Å². The molecule has 2 aromatic rings. The van der Waals surface area contributed by atoms with Crippen molar-refractivity contribution in [3.63, 3.8) is 0 Å². The minimum Gasteiger partial charge on any atom is -0.314 e. The number of halogens is 2. The van der Waals surface area contributed by atoms with E-state index in [0.29, 0.717) is 12.2 Å². The van der Waals surface area contributed by atoms with Gasteiger partial charge in [0.25, 0.3) is 6.43 Å². The van der Waals surface area contributed by atoms with E-state index in [-0.39, 0.29) is 12.2 Å². The number of hydrogen-bond donors (Lipinski definition) is 1. The first kappa shape index (κ1) is 12.6. The quantitative estimate of drug-likeness (QED) is 0.884. The molecule has 1 heterocycles. The molecule has 0 aliphatic carbocycles. The highest BCUT2D eigenvalue weighted by Gasteiger charge is 2.21. The molecule has 4 nitrogen and oxygen atoms in total. The lowest BCUT2D eigenvalue weighted by Crippen LogP contribution is -2.11. The number of nitrogens with zero attached hydrogens (tertiary/aromatic N) is 3. The van der Waals surface area contributed by atoms with Gasteiger partial charge in [0.2, 0.25) is 0 Å². The minimum atomic E-state index is -2.58. The van der Waals surface area contributed by atoms with E-state index in [2.05, 4.69) is 15.6 Å². The maximum Gasteiger partial charge on any atom is 0.281 e. The maximum atomic E-state index is 13.0. The van der Waals surface area contributed by atoms with Gasteiger partial charge in [0, 0.05) is 6.54 Å². The first-order valence-electron chi connectivity index (χ1n) is 5.61. The number of aromatic nitrogens is 3. The van der Waals surface area contributed by atoms with Gasteiger partial charge in [-0.1, -0.05) is 35.5 Å². The van der Waals surface area contributed by atoms with Gasteiger partial charge in [-0.3, -0.25) is 0 Å². The molecule has 0 saturated heterocycles. The maximum absolute atomic E-state index is 13.0. The molecule has 0 atom stereocenters. The van der Waals surface area contributed by atoms with Crippen molar-refractivity contribution >= 4 is 0 Å². The van der Waals surface area contributed by atoms with Crippen molar-refractivity contribution in [2.75, 3.05) is 7.05 Å². The average molecular weight is 252 g/mol. The zero-order valence-electron chi connectivity index (χ0n) is 9.98. The summed E-state index contributed by atoms with van der Waals surface area (Å²) in [6.07, 6.45) is -2.58. The van der Waals surface area contributed by atoms with Crippen LogP contribution in [0.2, 0.25) is 0 Å². The van der Waals surface area contributed by atoms with E-state index in [1.165, 1.54) is 4.68 Å². The van der Waals surface area contributed by atoms with Crippen LogP contribution in [0.4, 0.5) is 8.78 Å². The van der Waals surface area contributed by atoms with Gasteiger partial charge in [-0.25, -0.2) is 13.5 Å². The van der Waals surface area contributed by atoms with Crippen LogP contribution in [-0.4, -0.2) is 22.0 Å². The molecular weight excluding hydrogens is 238 g/mol. The zero-order chi connectivity index (χ0) is 13.0. The van der Waals surface area contributed by atoms with Gasteiger partial charge in [0.15, 0.2) is 0 Å². The average Bonchev–Trinajstić information content (AvgIpc) is 2.74. The molecule has 0 spiro atoms. The summed E-state index contributed by atoms with van der Waals surface area (Å²) in [6, 6.07) is 9.35. The second-order valence-electron chi connectivity index (χ2n) is 3.90. The van der Waals surface area contributed by atoms with Gasteiger partial charge in [-0.05, 0) is 12.6 Å². The molecule has 0 radical (unpaired) electrons. The van der Waals surface area contributed by atoms with Gasteiger partial charge < -0.3 is 5.32 Å². The summed E-state index contributed by atoms with van der Waals surface area (Å²) < 4.78 is 27.3. The topological polar surface area (TPSA) is 42.7 Å². The summed E-state index contributed by atoms with van der Waals surface area (Å²) >= 11 is 0. The third kappa shape index (κ3) is 2.70. The number of benzene rings is 1. The van der Waals surface area contributed by atoms with Crippen LogP contribution in [0.5, 0.6) is 0 Å². The van der Waals surface area contributed by atoms with Crippen molar-refractivity contribution in [3.8, 4) is 0 Å². The van der Waals surface area contributed by atoms with Crippen molar-refractivity contribution < 1.29 is 8.78 Å². The molecule has 6 heteroatoms. The Morgan fingerprint density at radius 3 is 2.61 bits per heavy atom. The molecule has 0 aliphatic heterocycles. The first-order chi connectivity index (χ1) is 8.72. The summed E-state index contributed by atoms with van der Waals surface area (Å²) in [7, 11) is 1.69. The van der Waals surface area contributed by atoms with E-state index < -0.39 is 6.43 Å². The van der Waals surface area contributed by atoms with E-state index in [0.717, 1.165) is 5.56 Å². The summed E-state index contributed by atoms with van der Waals surface area (Å²) in [6.45, 7) is 0.589. The Labute approximate surface area is 104 Å². The molecule has 96 valence electrons. The molecular formula is C12H14F2N4. The lowest BCUT2D eigenvalue weighted by atomic mass is 10.2. The Morgan fingerprint density at radius 1 is 1.28 bits per heavy atom. The van der Waals surface area contributed by atoms with E-state index in [4.69, 9.17) is 0 Å². The van der Waals surface area contributed by atoms with E-state index in [9.17, 15) is 8.78 Å². The molecule has 0 saturated carbocycles. The smallest absolute Gasteiger partial charge is 0.281 e. The Kier molecular flexibility index (Phi) is 3.99. The predicted molar refractivity (Wildman–Crippen MR) is 63.3 cm³/mol. The van der Waals surface area contributed by atoms with Crippen LogP contribution >= 0.6 is 0 Å². The SMILES string of the molecule is CNCc1nnn(Cc2ccccc2)c1C(F)F. The second-order valence-corrected chi connectivity index (χ2v) is 3.90. The Morgan fingerprint density at radius 2 is 2.00 bits per heavy atom. The second kappa shape index (κ2) is 5.68. The van der Waals surface area contributed by atoms with Crippen molar-refractivity contribution in [1.29, 1.82) is 0 Å². The van der Waals surface area contributed by atoms with Crippen LogP contribution in [0.25, 0.3) is 0 Å². The molecule has 0 unspecified atom stereocenters. The summed E-state index contributed by atoms with van der Waals surface area (Å²) in [5.74, 6) is 0. The molecule has 0 amide bonds. The highest BCUT2D eigenvalue weighted by atomic mass is 19.3. The van der Waals surface area contributed by atoms with Crippen LogP contribution in [0.3, 0.4) is 0 Å². The number of alkyl halides is 2. The number of nitrogens with one attached hydrogen (secondary N) is 1. The van der Waals surface area contributed by atoms with Crippen molar-refractivity contribution in [3.05, 3.63) is 47.3 Å². The van der Waals surface area contributed by atoms with Crippen LogP contribution in [0.15, 0.2) is 30.3 Å². The van der Waals surface area contributed by atoms with Crippen LogP contribution in [0.1, 0.15) is 23.4 Å². The molecule has 2 rings (SSSR count). The summed E-state index contributed by atoms with van der Waals surface area (Å²) in [5.41, 5.74) is 1.09. The largest absolute Gasteiger partial charge is 0.314 e. The predicted octanol–water partition coefficient (Wildman–Crippen LogP) is 1.98.